The van der Waals surface area contributed by atoms with Gasteiger partial charge in [-0.05, 0) is 48.9 Å². The van der Waals surface area contributed by atoms with Crippen LogP contribution in [0.3, 0.4) is 0 Å². The molecule has 0 aliphatic carbocycles. The van der Waals surface area contributed by atoms with Crippen molar-refractivity contribution >= 4 is 64.2 Å². The summed E-state index contributed by atoms with van der Waals surface area (Å²) in [5.74, 6) is -0.369. The average Bonchev–Trinajstić information content (AvgIpc) is 3.53. The Kier molecular flexibility index (Phi) is 7.47. The van der Waals surface area contributed by atoms with E-state index >= 15 is 0 Å². The van der Waals surface area contributed by atoms with Crippen molar-refractivity contribution in [3.05, 3.63) is 69.2 Å². The van der Waals surface area contributed by atoms with E-state index in [2.05, 4.69) is 15.5 Å². The van der Waals surface area contributed by atoms with E-state index in [0.29, 0.717) is 33.6 Å². The molecule has 2 atom stereocenters. The zero-order valence-corrected chi connectivity index (χ0v) is 22.4. The number of aromatic nitrogens is 2. The first kappa shape index (κ1) is 25.6. The van der Waals surface area contributed by atoms with Crippen molar-refractivity contribution in [1.29, 1.82) is 0 Å². The number of hydrogen-bond donors (Lipinski definition) is 2. The molecule has 4 heterocycles. The third-order valence-corrected chi connectivity index (χ3v) is 9.14. The molecule has 2 aromatic heterocycles. The predicted molar refractivity (Wildman–Crippen MR) is 139 cm³/mol. The van der Waals surface area contributed by atoms with Gasteiger partial charge in [0.25, 0.3) is 11.8 Å². The molecule has 0 bridgehead atoms. The van der Waals surface area contributed by atoms with Gasteiger partial charge in [0.15, 0.2) is 10.1 Å². The third-order valence-electron chi connectivity index (χ3n) is 5.49. The van der Waals surface area contributed by atoms with Gasteiger partial charge in [-0.2, -0.15) is 0 Å². The standard InChI is InChI=1S/C23H19ClN4O6S3/c1-11-26-27-23(37-11)36-10-12-9-35-21-17(20(30)28(21)18(12)22(31)32)25-19(29)16-7-6-15(34-16)8-33-14-4-2-13(24)3-5-14/h2-7,17,21H,8-10H2,1H3,(H,25,29)(H,31,32)/t17-,21-/m1/s1. The molecule has 0 saturated carbocycles. The lowest BCUT2D eigenvalue weighted by Gasteiger charge is -2.49. The molecule has 14 heteroatoms. The van der Waals surface area contributed by atoms with Crippen LogP contribution in [0, 0.1) is 6.92 Å². The molecule has 0 radical (unpaired) electrons. The molecule has 0 spiro atoms. The van der Waals surface area contributed by atoms with Crippen molar-refractivity contribution in [3.8, 4) is 5.75 Å². The normalized spacial score (nSPS) is 18.9. The van der Waals surface area contributed by atoms with Crippen LogP contribution in [0.2, 0.25) is 5.02 Å². The number of carbonyl (C=O) groups is 3. The van der Waals surface area contributed by atoms with E-state index in [4.69, 9.17) is 20.8 Å². The molecular formula is C23H19ClN4O6S3. The molecule has 1 aromatic carbocycles. The Bertz CT molecular complexity index is 1390. The molecule has 2 aliphatic heterocycles. The number of thioether (sulfide) groups is 2. The third kappa shape index (κ3) is 5.49. The Morgan fingerprint density at radius 2 is 2.05 bits per heavy atom. The Hall–Kier alpha value is -3.00. The maximum atomic E-state index is 12.9. The summed E-state index contributed by atoms with van der Waals surface area (Å²) in [5, 5.41) is 21.4. The van der Waals surface area contributed by atoms with E-state index in [9.17, 15) is 19.5 Å². The van der Waals surface area contributed by atoms with Crippen LogP contribution >= 0.6 is 46.5 Å². The monoisotopic (exact) mass is 578 g/mol. The summed E-state index contributed by atoms with van der Waals surface area (Å²) in [6.07, 6.45) is 0. The highest BCUT2D eigenvalue weighted by Gasteiger charge is 2.54. The lowest BCUT2D eigenvalue weighted by Crippen LogP contribution is -2.70. The number of rotatable bonds is 9. The highest BCUT2D eigenvalue weighted by Crippen LogP contribution is 2.42. The van der Waals surface area contributed by atoms with Crippen molar-refractivity contribution < 1.29 is 28.6 Å². The minimum Gasteiger partial charge on any atom is -0.486 e. The molecule has 5 rings (SSSR count). The fraction of sp³-hybridized carbons (Fsp3) is 0.261. The number of halogens is 1. The number of ether oxygens (including phenoxy) is 1. The van der Waals surface area contributed by atoms with E-state index < -0.39 is 29.2 Å². The summed E-state index contributed by atoms with van der Waals surface area (Å²) in [7, 11) is 0. The van der Waals surface area contributed by atoms with Crippen LogP contribution in [0.5, 0.6) is 5.75 Å². The minimum absolute atomic E-state index is 0.0280. The first-order chi connectivity index (χ1) is 17.8. The summed E-state index contributed by atoms with van der Waals surface area (Å²) < 4.78 is 11.9. The number of β-lactam (4-membered cyclic amide) rings is 1. The van der Waals surface area contributed by atoms with Crippen LogP contribution in [0.1, 0.15) is 21.3 Å². The molecule has 2 aliphatic rings. The van der Waals surface area contributed by atoms with Crippen LogP contribution in [0.4, 0.5) is 0 Å². The number of furan rings is 1. The van der Waals surface area contributed by atoms with Gasteiger partial charge in [0, 0.05) is 16.5 Å². The number of nitrogens with zero attached hydrogens (tertiary/aromatic N) is 3. The first-order valence-corrected chi connectivity index (χ1v) is 14.1. The van der Waals surface area contributed by atoms with Gasteiger partial charge < -0.3 is 19.6 Å². The average molecular weight is 579 g/mol. The number of benzene rings is 1. The van der Waals surface area contributed by atoms with Gasteiger partial charge in [0.05, 0.1) is 0 Å². The van der Waals surface area contributed by atoms with Crippen molar-refractivity contribution in [3.63, 3.8) is 0 Å². The maximum Gasteiger partial charge on any atom is 0.352 e. The van der Waals surface area contributed by atoms with Crippen molar-refractivity contribution in [2.75, 3.05) is 11.5 Å². The number of amides is 2. The minimum atomic E-state index is -1.18. The van der Waals surface area contributed by atoms with Gasteiger partial charge in [-0.25, -0.2) is 4.79 Å². The van der Waals surface area contributed by atoms with Crippen LogP contribution in [-0.4, -0.2) is 60.9 Å². The first-order valence-electron chi connectivity index (χ1n) is 10.9. The fourth-order valence-electron chi connectivity index (χ4n) is 3.76. The topological polar surface area (TPSA) is 135 Å². The Morgan fingerprint density at radius 3 is 2.76 bits per heavy atom. The van der Waals surface area contributed by atoms with E-state index in [0.717, 1.165) is 9.35 Å². The van der Waals surface area contributed by atoms with Crippen LogP contribution < -0.4 is 10.1 Å². The molecule has 2 N–H and O–H groups in total. The SMILES string of the molecule is Cc1nnc(SCC2=C(C(=O)O)N3C(=O)[C@@H](NC(=O)c4ccc(COc5ccc(Cl)cc5)o4)[C@H]3SC2)s1. The lowest BCUT2D eigenvalue weighted by molar-refractivity contribution is -0.148. The van der Waals surface area contributed by atoms with Crippen molar-refractivity contribution in [2.24, 2.45) is 0 Å². The summed E-state index contributed by atoms with van der Waals surface area (Å²) >= 11 is 10.1. The molecule has 3 aromatic rings. The number of nitrogens with one attached hydrogen (secondary N) is 1. The number of carbonyl (C=O) groups excluding carboxylic acids is 2. The van der Waals surface area contributed by atoms with Gasteiger partial charge >= 0.3 is 5.97 Å². The quantitative estimate of drug-likeness (QED) is 0.285. The molecule has 2 amide bonds. The second-order valence-corrected chi connectivity index (χ2v) is 11.9. The van der Waals surface area contributed by atoms with Crippen LogP contribution in [0.15, 0.2) is 56.4 Å². The highest BCUT2D eigenvalue weighted by atomic mass is 35.5. The van der Waals surface area contributed by atoms with E-state index in [1.54, 1.807) is 30.3 Å². The lowest BCUT2D eigenvalue weighted by atomic mass is 10.0. The molecule has 192 valence electrons. The van der Waals surface area contributed by atoms with Gasteiger partial charge in [-0.1, -0.05) is 34.7 Å². The second kappa shape index (κ2) is 10.8. The van der Waals surface area contributed by atoms with E-state index in [1.807, 2.05) is 6.92 Å². The molecule has 37 heavy (non-hydrogen) atoms. The molecule has 1 fully saturated rings. The fourth-order valence-corrected chi connectivity index (χ4v) is 7.18. The van der Waals surface area contributed by atoms with E-state index in [-0.39, 0.29) is 18.1 Å². The Balaban J connectivity index is 1.20. The maximum absolute atomic E-state index is 12.9. The molecule has 10 nitrogen and oxygen atoms in total. The predicted octanol–water partition coefficient (Wildman–Crippen LogP) is 3.82. The molecule has 0 unspecified atom stereocenters. The summed E-state index contributed by atoms with van der Waals surface area (Å²) in [4.78, 5) is 38.9. The molecule has 1 saturated heterocycles. The summed E-state index contributed by atoms with van der Waals surface area (Å²) in [5.41, 5.74) is 0.591. The van der Waals surface area contributed by atoms with Crippen LogP contribution in [0.25, 0.3) is 0 Å². The number of carboxylic acids is 1. The summed E-state index contributed by atoms with van der Waals surface area (Å²) in [6.45, 7) is 1.95. The number of fused-ring (bicyclic) bond motifs is 1. The van der Waals surface area contributed by atoms with Crippen molar-refractivity contribution in [2.45, 2.75) is 29.3 Å². The molecular weight excluding hydrogens is 560 g/mol. The smallest absolute Gasteiger partial charge is 0.352 e. The number of hydrogen-bond acceptors (Lipinski definition) is 10. The van der Waals surface area contributed by atoms with Gasteiger partial charge in [0.1, 0.15) is 40.2 Å². The zero-order valence-electron chi connectivity index (χ0n) is 19.2. The van der Waals surface area contributed by atoms with E-state index in [1.165, 1.54) is 45.8 Å². The van der Waals surface area contributed by atoms with Gasteiger partial charge in [-0.15, -0.1) is 22.0 Å². The highest BCUT2D eigenvalue weighted by molar-refractivity contribution is 8.01. The van der Waals surface area contributed by atoms with Crippen LogP contribution in [-0.2, 0) is 16.2 Å². The van der Waals surface area contributed by atoms with Gasteiger partial charge in [-0.3, -0.25) is 14.5 Å². The Morgan fingerprint density at radius 1 is 1.27 bits per heavy atom. The zero-order chi connectivity index (χ0) is 26.1. The van der Waals surface area contributed by atoms with Gasteiger partial charge in [0.2, 0.25) is 0 Å². The summed E-state index contributed by atoms with van der Waals surface area (Å²) in [6, 6.07) is 9.09. The number of aliphatic carboxylic acids is 1. The Labute approximate surface area is 228 Å². The number of carboxylic acid groups (broad SMARTS) is 1. The van der Waals surface area contributed by atoms with Crippen molar-refractivity contribution in [1.82, 2.24) is 20.4 Å². The largest absolute Gasteiger partial charge is 0.486 e. The second-order valence-electron chi connectivity index (χ2n) is 8.00. The number of aryl methyl sites for hydroxylation is 1.